The summed E-state index contributed by atoms with van der Waals surface area (Å²) >= 11 is 0. The molecule has 2 aliphatic rings. The fraction of sp³-hybridized carbons (Fsp3) is 0.333. The van der Waals surface area contributed by atoms with Gasteiger partial charge >= 0.3 is 0 Å². The van der Waals surface area contributed by atoms with E-state index < -0.39 is 0 Å². The minimum absolute atomic E-state index is 0.508. The molecule has 39 heavy (non-hydrogen) atoms. The van der Waals surface area contributed by atoms with Gasteiger partial charge in [-0.05, 0) is 107 Å². The molecule has 1 fully saturated rings. The molecule has 3 heteroatoms. The van der Waals surface area contributed by atoms with E-state index in [9.17, 15) is 0 Å². The van der Waals surface area contributed by atoms with Crippen LogP contribution >= 0.6 is 0 Å². The Morgan fingerprint density at radius 1 is 0.692 bits per heavy atom. The molecule has 2 aliphatic carbocycles. The molecular formula is C36H41NO2. The highest BCUT2D eigenvalue weighted by Crippen LogP contribution is 2.48. The van der Waals surface area contributed by atoms with E-state index in [1.807, 2.05) is 12.1 Å². The van der Waals surface area contributed by atoms with E-state index in [1.165, 1.54) is 33.4 Å². The number of nitrogens with two attached hydrogens (primary N) is 1. The molecule has 0 spiro atoms. The number of anilines is 1. The normalized spacial score (nSPS) is 17.1. The van der Waals surface area contributed by atoms with E-state index in [0.717, 1.165) is 49.7 Å². The molecule has 3 aromatic rings. The summed E-state index contributed by atoms with van der Waals surface area (Å²) in [7, 11) is 0. The lowest BCUT2D eigenvalue weighted by atomic mass is 9.70. The lowest BCUT2D eigenvalue weighted by Gasteiger charge is -2.34. The van der Waals surface area contributed by atoms with E-state index in [2.05, 4.69) is 101 Å². The van der Waals surface area contributed by atoms with Gasteiger partial charge in [0.15, 0.2) is 0 Å². The fourth-order valence-corrected chi connectivity index (χ4v) is 5.22. The third-order valence-corrected chi connectivity index (χ3v) is 7.52. The second-order valence-corrected chi connectivity index (χ2v) is 11.8. The van der Waals surface area contributed by atoms with Crippen molar-refractivity contribution in [2.75, 3.05) is 18.9 Å². The van der Waals surface area contributed by atoms with Crippen LogP contribution < -0.4 is 15.2 Å². The predicted octanol–water partition coefficient (Wildman–Crippen LogP) is 9.08. The molecule has 0 unspecified atom stereocenters. The van der Waals surface area contributed by atoms with Gasteiger partial charge in [0.2, 0.25) is 0 Å². The maximum atomic E-state index is 5.94. The van der Waals surface area contributed by atoms with Gasteiger partial charge in [0.25, 0.3) is 0 Å². The van der Waals surface area contributed by atoms with Crippen LogP contribution in [0, 0.1) is 11.8 Å². The van der Waals surface area contributed by atoms with E-state index in [1.54, 1.807) is 5.57 Å². The Morgan fingerprint density at radius 2 is 1.23 bits per heavy atom. The zero-order valence-electron chi connectivity index (χ0n) is 23.7. The average molecular weight is 520 g/mol. The summed E-state index contributed by atoms with van der Waals surface area (Å²) < 4.78 is 11.9. The topological polar surface area (TPSA) is 44.5 Å². The molecule has 5 rings (SSSR count). The minimum atomic E-state index is 0.508. The maximum Gasteiger partial charge on any atom is 0.119 e. The third-order valence-electron chi connectivity index (χ3n) is 7.52. The molecule has 0 amide bonds. The molecule has 0 bridgehead atoms. The molecule has 3 nitrogen and oxygen atoms in total. The van der Waals surface area contributed by atoms with Crippen LogP contribution in [0.5, 0.6) is 11.5 Å². The van der Waals surface area contributed by atoms with Gasteiger partial charge in [0.05, 0.1) is 13.2 Å². The Morgan fingerprint density at radius 3 is 1.77 bits per heavy atom. The second-order valence-electron chi connectivity index (χ2n) is 11.8. The van der Waals surface area contributed by atoms with Crippen LogP contribution in [0.3, 0.4) is 0 Å². The van der Waals surface area contributed by atoms with Gasteiger partial charge in [-0.1, -0.05) is 81.8 Å². The smallest absolute Gasteiger partial charge is 0.119 e. The van der Waals surface area contributed by atoms with Crippen LogP contribution in [0.1, 0.15) is 69.6 Å². The maximum absolute atomic E-state index is 5.94. The van der Waals surface area contributed by atoms with Crippen molar-refractivity contribution >= 4 is 16.8 Å². The van der Waals surface area contributed by atoms with Crippen molar-refractivity contribution < 1.29 is 9.47 Å². The molecule has 0 aromatic heterocycles. The lowest BCUT2D eigenvalue weighted by molar-refractivity contribution is 0.271. The summed E-state index contributed by atoms with van der Waals surface area (Å²) in [5.41, 5.74) is 16.4. The Kier molecular flexibility index (Phi) is 8.26. The van der Waals surface area contributed by atoms with Gasteiger partial charge in [-0.25, -0.2) is 0 Å². The quantitative estimate of drug-likeness (QED) is 0.287. The summed E-state index contributed by atoms with van der Waals surface area (Å²) in [5, 5.41) is 0. The monoisotopic (exact) mass is 519 g/mol. The van der Waals surface area contributed by atoms with Crippen LogP contribution in [0.15, 0.2) is 96.1 Å². The van der Waals surface area contributed by atoms with Crippen molar-refractivity contribution in [2.24, 2.45) is 11.8 Å². The summed E-state index contributed by atoms with van der Waals surface area (Å²) in [6.45, 7) is 10.2. The molecule has 0 saturated heterocycles. The molecule has 0 heterocycles. The van der Waals surface area contributed by atoms with Gasteiger partial charge in [-0.15, -0.1) is 0 Å². The standard InChI is InChI=1S/C36H41NO2/c1-24(2)22-38-33-14-7-26(8-15-33)29-11-18-35(28-9-16-34(17-10-28)39-23-25(3)4)36(21-29)31-19-30(20-31)27-5-12-32(37)13-6-27/h5-18,24-25,30H,19-23,37H2,1-4H3. The summed E-state index contributed by atoms with van der Waals surface area (Å²) in [6.07, 6.45) is 7.74. The number of hydrogen-bond donors (Lipinski definition) is 1. The highest BCUT2D eigenvalue weighted by Gasteiger charge is 2.30. The third kappa shape index (κ3) is 6.65. The molecular weight excluding hydrogens is 478 g/mol. The molecule has 0 radical (unpaired) electrons. The van der Waals surface area contributed by atoms with Crippen LogP contribution in [0.25, 0.3) is 11.1 Å². The number of hydrogen-bond acceptors (Lipinski definition) is 3. The molecule has 3 aromatic carbocycles. The first-order valence-electron chi connectivity index (χ1n) is 14.3. The van der Waals surface area contributed by atoms with E-state index in [-0.39, 0.29) is 0 Å². The van der Waals surface area contributed by atoms with Crippen LogP contribution in [0.4, 0.5) is 5.69 Å². The van der Waals surface area contributed by atoms with Crippen molar-refractivity contribution in [1.29, 1.82) is 0 Å². The van der Waals surface area contributed by atoms with Crippen molar-refractivity contribution in [3.05, 3.63) is 113 Å². The number of allylic oxidation sites excluding steroid dienone is 6. The molecule has 202 valence electrons. The average Bonchev–Trinajstić information content (AvgIpc) is 2.91. The van der Waals surface area contributed by atoms with Crippen LogP contribution in [0.2, 0.25) is 0 Å². The van der Waals surface area contributed by atoms with Crippen molar-refractivity contribution in [3.8, 4) is 11.5 Å². The number of rotatable bonds is 9. The lowest BCUT2D eigenvalue weighted by Crippen LogP contribution is -2.16. The second kappa shape index (κ2) is 12.0. The van der Waals surface area contributed by atoms with Gasteiger partial charge in [0.1, 0.15) is 11.5 Å². The van der Waals surface area contributed by atoms with Gasteiger partial charge < -0.3 is 15.2 Å². The fourth-order valence-electron chi connectivity index (χ4n) is 5.22. The first-order chi connectivity index (χ1) is 18.9. The first-order valence-corrected chi connectivity index (χ1v) is 14.3. The predicted molar refractivity (Wildman–Crippen MR) is 164 cm³/mol. The minimum Gasteiger partial charge on any atom is -0.493 e. The number of ether oxygens (including phenoxy) is 2. The Balaban J connectivity index is 1.40. The number of nitrogen functional groups attached to an aromatic ring is 1. The largest absolute Gasteiger partial charge is 0.493 e. The van der Waals surface area contributed by atoms with Gasteiger partial charge in [-0.2, -0.15) is 0 Å². The molecule has 1 saturated carbocycles. The summed E-state index contributed by atoms with van der Waals surface area (Å²) in [5.74, 6) is 3.45. The van der Waals surface area contributed by atoms with Crippen LogP contribution in [-0.2, 0) is 0 Å². The van der Waals surface area contributed by atoms with Crippen molar-refractivity contribution in [2.45, 2.75) is 52.9 Å². The number of benzene rings is 3. The Hall–Kier alpha value is -3.72. The van der Waals surface area contributed by atoms with Crippen LogP contribution in [-0.4, -0.2) is 13.2 Å². The zero-order valence-corrected chi connectivity index (χ0v) is 23.7. The SMILES string of the molecule is CC(C)COc1ccc(C2=CC=C(c3ccc(OCC(C)C)cc3)C(=C3CC(c4ccc(N)cc4)C3)C2)cc1. The van der Waals surface area contributed by atoms with Crippen molar-refractivity contribution in [3.63, 3.8) is 0 Å². The molecule has 2 N–H and O–H groups in total. The van der Waals surface area contributed by atoms with E-state index in [0.29, 0.717) is 17.8 Å². The van der Waals surface area contributed by atoms with Gasteiger partial charge in [0, 0.05) is 5.69 Å². The molecule has 0 aliphatic heterocycles. The highest BCUT2D eigenvalue weighted by atomic mass is 16.5. The molecule has 0 atom stereocenters. The summed E-state index contributed by atoms with van der Waals surface area (Å²) in [6, 6.07) is 25.6. The van der Waals surface area contributed by atoms with Gasteiger partial charge in [-0.3, -0.25) is 0 Å². The van der Waals surface area contributed by atoms with E-state index in [4.69, 9.17) is 15.2 Å². The summed E-state index contributed by atoms with van der Waals surface area (Å²) in [4.78, 5) is 0. The van der Waals surface area contributed by atoms with E-state index >= 15 is 0 Å². The zero-order chi connectivity index (χ0) is 27.4. The van der Waals surface area contributed by atoms with Crippen molar-refractivity contribution in [1.82, 2.24) is 0 Å². The Bertz CT molecular complexity index is 1350. The first kappa shape index (κ1) is 26.9. The Labute approximate surface area is 234 Å². The highest BCUT2D eigenvalue weighted by molar-refractivity contribution is 5.89.